The van der Waals surface area contributed by atoms with E-state index in [1.807, 2.05) is 0 Å². The number of phenols is 1. The number of hydrogen-bond acceptors (Lipinski definition) is 9. The zero-order chi connectivity index (χ0) is 35.7. The Bertz CT molecular complexity index is 1390. The summed E-state index contributed by atoms with van der Waals surface area (Å²) in [6.45, 7) is -0.905. The number of rotatable bonds is 13. The summed E-state index contributed by atoms with van der Waals surface area (Å²) in [7, 11) is 0. The fourth-order valence-corrected chi connectivity index (χ4v) is 5.10. The molecule has 7 amide bonds. The number of likely N-dealkylation sites (tertiary alicyclic amines) is 2. The highest BCUT2D eigenvalue weighted by Crippen LogP contribution is 2.26. The summed E-state index contributed by atoms with van der Waals surface area (Å²) < 4.78 is 31.3. The van der Waals surface area contributed by atoms with Gasteiger partial charge in [-0.25, -0.2) is 0 Å². The second-order valence-corrected chi connectivity index (χ2v) is 10.6. The molecule has 2 fully saturated rings. The lowest BCUT2D eigenvalue weighted by molar-refractivity contribution is -0.148. The summed E-state index contributed by atoms with van der Waals surface area (Å²) >= 11 is 0. The molecular weight excluding hydrogens is 578 g/mol. The Balaban J connectivity index is 1.75. The van der Waals surface area contributed by atoms with Crippen molar-refractivity contribution in [2.75, 3.05) is 26.2 Å². The first-order valence-electron chi connectivity index (χ1n) is 16.0. The number of nitrogens with zero attached hydrogens (tertiary/aromatic N) is 2. The van der Waals surface area contributed by atoms with Gasteiger partial charge >= 0.3 is 0 Å². The van der Waals surface area contributed by atoms with Gasteiger partial charge in [0.1, 0.15) is 29.9 Å². The number of primary amides is 1. The van der Waals surface area contributed by atoms with Crippen LogP contribution in [0.5, 0.6) is 5.75 Å². The van der Waals surface area contributed by atoms with Crippen LogP contribution in [0.25, 0.3) is 0 Å². The van der Waals surface area contributed by atoms with Crippen LogP contribution in [-0.2, 0) is 40.0 Å². The van der Waals surface area contributed by atoms with E-state index >= 15 is 0 Å². The number of carbonyl (C=O) groups is 7. The van der Waals surface area contributed by atoms with Gasteiger partial charge in [-0.15, -0.1) is 0 Å². The van der Waals surface area contributed by atoms with Gasteiger partial charge in [-0.1, -0.05) is 12.1 Å². The second-order valence-electron chi connectivity index (χ2n) is 10.6. The maximum absolute atomic E-state index is 13.9. The summed E-state index contributed by atoms with van der Waals surface area (Å²) in [6, 6.07) is 0.758. The number of phenolic OH excluding ortho intramolecular Hbond substituents is 1. The highest BCUT2D eigenvalue weighted by Gasteiger charge is 2.45. The third-order valence-electron chi connectivity index (χ3n) is 7.19. The van der Waals surface area contributed by atoms with Crippen LogP contribution >= 0.6 is 0 Å². The van der Waals surface area contributed by atoms with Crippen LogP contribution in [0, 0.1) is 0 Å². The molecule has 2 heterocycles. The molecule has 0 spiro atoms. The first kappa shape index (κ1) is 28.1. The molecule has 0 radical (unpaired) electrons. The Hall–Kier alpha value is -4.73. The Labute approximate surface area is 259 Å². The zero-order valence-electron chi connectivity index (χ0n) is 28.1. The molecule has 240 valence electrons. The minimum atomic E-state index is -1.41. The van der Waals surface area contributed by atoms with Crippen molar-refractivity contribution in [2.45, 2.75) is 69.8 Å². The van der Waals surface area contributed by atoms with Crippen molar-refractivity contribution in [1.82, 2.24) is 31.1 Å². The van der Waals surface area contributed by atoms with Crippen LogP contribution in [0.1, 0.15) is 40.0 Å². The van der Waals surface area contributed by atoms with Crippen molar-refractivity contribution < 1.29 is 48.0 Å². The van der Waals surface area contributed by atoms with E-state index in [0.717, 1.165) is 4.90 Å². The number of β-amino-alcohol motifs (C(OH)–C–C–N with tert-alkyl or cyclic N) is 1. The normalized spacial score (nSPS) is 22.0. The van der Waals surface area contributed by atoms with Crippen molar-refractivity contribution in [3.63, 3.8) is 0 Å². The lowest BCUT2D eigenvalue weighted by Gasteiger charge is -2.32. The molecule has 0 aromatic heterocycles. The average Bonchev–Trinajstić information content (AvgIpc) is 3.73. The van der Waals surface area contributed by atoms with Crippen LogP contribution in [0.3, 0.4) is 0 Å². The molecule has 44 heavy (non-hydrogen) atoms. The first-order chi connectivity index (χ1) is 22.7. The van der Waals surface area contributed by atoms with E-state index in [1.54, 1.807) is 0 Å². The van der Waals surface area contributed by atoms with Crippen LogP contribution in [0.2, 0.25) is 2.82 Å². The van der Waals surface area contributed by atoms with E-state index in [-0.39, 0.29) is 38.1 Å². The molecule has 16 nitrogen and oxygen atoms in total. The molecule has 8 N–H and O–H groups in total. The molecule has 0 aliphatic carbocycles. The predicted octanol–water partition coefficient (Wildman–Crippen LogP) is -3.39. The van der Waals surface area contributed by atoms with Gasteiger partial charge in [-0.05, 0) is 37.5 Å². The molecule has 2 saturated heterocycles. The predicted molar refractivity (Wildman–Crippen MR) is 153 cm³/mol. The van der Waals surface area contributed by atoms with Gasteiger partial charge in [0, 0.05) is 34.2 Å². The number of aliphatic hydroxyl groups is 1. The molecule has 3 rings (SSSR count). The molecule has 2 aliphatic rings. The van der Waals surface area contributed by atoms with Crippen molar-refractivity contribution in [3.8, 4) is 5.75 Å². The first-order valence-corrected chi connectivity index (χ1v) is 13.9. The van der Waals surface area contributed by atoms with Gasteiger partial charge in [-0.2, -0.15) is 0 Å². The van der Waals surface area contributed by atoms with Gasteiger partial charge in [0.15, 0.2) is 2.82 Å². The van der Waals surface area contributed by atoms with Gasteiger partial charge in [0.05, 0.1) is 19.2 Å². The lowest BCUT2D eigenvalue weighted by atomic mass is 10.0. The fraction of sp³-hybridized carbons (Fsp3) is 0.536. The zero-order valence-corrected chi connectivity index (χ0v) is 24.1. The molecular formula is C28H39N7O9. The number of amides is 7. The van der Waals surface area contributed by atoms with Gasteiger partial charge in [-0.3, -0.25) is 33.6 Å². The van der Waals surface area contributed by atoms with Gasteiger partial charge in [0.2, 0.25) is 42.8 Å². The molecule has 0 bridgehead atoms. The number of carbonyl (C=O) groups excluding carboxylic acids is 7. The standard InChI is InChI=1S/C28H39N7O9/c1-15(25(41)30-12-23(29)39)32-24(40)13-31-26(42)22-11-19(38)14-35(22)28(44)21-4-3-9-34(21)27(43)20(33-16(2)36)10-17-5-7-18(37)8-6-17/h5-8,15,19-22,37-38H,3-4,9-14H2,1-2H3,(H2,29,39)(H,30,41)(H,31,42)(H,32,40)(H,33,36)/t15-,19-,20-,21-,22-/m0/s1/i2D,38D/hD2. The van der Waals surface area contributed by atoms with Crippen LogP contribution in [0.15, 0.2) is 24.3 Å². The van der Waals surface area contributed by atoms with Gasteiger partial charge in [0.25, 0.3) is 0 Å². The van der Waals surface area contributed by atoms with E-state index in [9.17, 15) is 38.7 Å². The van der Waals surface area contributed by atoms with Crippen LogP contribution in [-0.4, -0.2) is 119 Å². The largest absolute Gasteiger partial charge is 0.508 e. The smallest absolute Gasteiger partial charge is 0.246 e. The molecule has 1 aromatic carbocycles. The number of aromatic hydroxyl groups is 1. The number of aliphatic hydroxyl groups excluding tert-OH is 1. The third kappa shape index (κ3) is 9.13. The summed E-state index contributed by atoms with van der Waals surface area (Å²) in [5.41, 5.74) is 5.48. The molecule has 0 unspecified atom stereocenters. The average molecular weight is 622 g/mol. The highest BCUT2D eigenvalue weighted by atomic mass is 16.3. The van der Waals surface area contributed by atoms with Crippen LogP contribution < -0.4 is 27.0 Å². The van der Waals surface area contributed by atoms with Crippen molar-refractivity contribution in [2.24, 2.45) is 5.73 Å². The number of nitrogens with one attached hydrogen (secondary N) is 4. The van der Waals surface area contributed by atoms with Gasteiger partial charge < -0.3 is 47.0 Å². The molecule has 5 atom stereocenters. The summed E-state index contributed by atoms with van der Waals surface area (Å²) in [5, 5.41) is 19.5. The SMILES string of the molecule is [2H]CC(=O)N([2H])[C@@H](Cc1ccc(O)cc1)C(=O)N1CCC[C@H]1C(=O)N1C[C@@H](O[2H])C[C@H]1C(=O)N([2H])CC(=O)N[C@@H](C)C(=O)NCC(N)=O. The molecule has 2 aliphatic heterocycles. The lowest BCUT2D eigenvalue weighted by Crippen LogP contribution is -2.57. The Morgan fingerprint density at radius 2 is 1.84 bits per heavy atom. The fourth-order valence-electron chi connectivity index (χ4n) is 5.10. The number of hydrogen-bond donors (Lipinski definition) is 7. The quantitative estimate of drug-likeness (QED) is 0.116. The molecule has 0 saturated carbocycles. The minimum absolute atomic E-state index is 0.0348. The van der Waals surface area contributed by atoms with E-state index in [2.05, 4.69) is 15.7 Å². The van der Waals surface area contributed by atoms with Crippen molar-refractivity contribution >= 4 is 41.4 Å². The Morgan fingerprint density at radius 3 is 2.50 bits per heavy atom. The monoisotopic (exact) mass is 621 g/mol. The van der Waals surface area contributed by atoms with E-state index < -0.39 is 91.6 Å². The summed E-state index contributed by atoms with van der Waals surface area (Å²) in [4.78, 5) is 91.1. The maximum atomic E-state index is 13.9. The minimum Gasteiger partial charge on any atom is -0.508 e. The molecule has 16 heteroatoms. The van der Waals surface area contributed by atoms with Crippen molar-refractivity contribution in [3.05, 3.63) is 29.8 Å². The molecule has 1 aromatic rings. The third-order valence-corrected chi connectivity index (χ3v) is 7.19. The van der Waals surface area contributed by atoms with Crippen molar-refractivity contribution in [1.29, 1.82) is 1.43 Å². The van der Waals surface area contributed by atoms with E-state index in [4.69, 9.17) is 11.4 Å². The summed E-state index contributed by atoms with van der Waals surface area (Å²) in [5.74, 6) is -5.81. The maximum Gasteiger partial charge on any atom is 0.246 e. The number of benzene rings is 1. The van der Waals surface area contributed by atoms with Crippen LogP contribution in [0.4, 0.5) is 0 Å². The second kappa shape index (κ2) is 15.1. The summed E-state index contributed by atoms with van der Waals surface area (Å²) in [6.07, 6.45) is -0.704. The Kier molecular flexibility index (Phi) is 9.65. The number of nitrogens with two attached hydrogens (primary N) is 1. The van der Waals surface area contributed by atoms with E-state index in [0.29, 0.717) is 22.6 Å². The topological polar surface area (TPSA) is 241 Å². The Morgan fingerprint density at radius 1 is 1.11 bits per heavy atom. The van der Waals surface area contributed by atoms with E-state index in [1.165, 1.54) is 36.1 Å². The highest BCUT2D eigenvalue weighted by molar-refractivity contribution is 5.96.